The fourth-order valence-corrected chi connectivity index (χ4v) is 2.20. The molecule has 1 aromatic heterocycles. The van der Waals surface area contributed by atoms with Crippen molar-refractivity contribution in [3.8, 4) is 0 Å². The molecule has 1 fully saturated rings. The van der Waals surface area contributed by atoms with Crippen molar-refractivity contribution >= 4 is 11.9 Å². The van der Waals surface area contributed by atoms with E-state index in [4.69, 9.17) is 19.1 Å². The standard InChI is InChI=1S/C12H16N2O6/c1-18-6-8-3-9(13-20-8)11(15)14-5-7(19-2)4-10(14)12(16)17/h3,7,10H,4-6H2,1-2H3,(H,16,17). The van der Waals surface area contributed by atoms with Crippen molar-refractivity contribution in [1.29, 1.82) is 0 Å². The van der Waals surface area contributed by atoms with Gasteiger partial charge in [0.25, 0.3) is 5.91 Å². The summed E-state index contributed by atoms with van der Waals surface area (Å²) in [6.45, 7) is 0.419. The number of ether oxygens (including phenoxy) is 2. The van der Waals surface area contributed by atoms with Crippen molar-refractivity contribution in [2.75, 3.05) is 20.8 Å². The Bertz CT molecular complexity index is 500. The fourth-order valence-electron chi connectivity index (χ4n) is 2.20. The molecule has 2 unspecified atom stereocenters. The van der Waals surface area contributed by atoms with E-state index in [1.54, 1.807) is 0 Å². The van der Waals surface area contributed by atoms with Crippen LogP contribution in [-0.2, 0) is 20.9 Å². The summed E-state index contributed by atoms with van der Waals surface area (Å²) in [5.74, 6) is -1.13. The summed E-state index contributed by atoms with van der Waals surface area (Å²) in [7, 11) is 2.98. The summed E-state index contributed by atoms with van der Waals surface area (Å²) in [4.78, 5) is 24.7. The normalized spacial score (nSPS) is 22.2. The number of methoxy groups -OCH3 is 2. The maximum Gasteiger partial charge on any atom is 0.326 e. The third-order valence-electron chi connectivity index (χ3n) is 3.21. The molecule has 2 atom stereocenters. The van der Waals surface area contributed by atoms with Crippen LogP contribution in [0.1, 0.15) is 22.7 Å². The summed E-state index contributed by atoms with van der Waals surface area (Å²) in [6, 6.07) is 0.542. The van der Waals surface area contributed by atoms with Gasteiger partial charge in [0, 0.05) is 33.3 Å². The molecular formula is C12H16N2O6. The number of carbonyl (C=O) groups excluding carboxylic acids is 1. The number of carboxylic acids is 1. The van der Waals surface area contributed by atoms with E-state index in [0.717, 1.165) is 0 Å². The zero-order valence-electron chi connectivity index (χ0n) is 11.2. The molecule has 0 radical (unpaired) electrons. The van der Waals surface area contributed by atoms with Crippen LogP contribution in [0.2, 0.25) is 0 Å². The molecule has 1 aromatic rings. The van der Waals surface area contributed by atoms with Crippen molar-refractivity contribution in [2.24, 2.45) is 0 Å². The van der Waals surface area contributed by atoms with Crippen LogP contribution in [0, 0.1) is 0 Å². The molecule has 1 saturated heterocycles. The SMILES string of the molecule is COCc1cc(C(=O)N2CC(OC)CC2C(=O)O)no1. The van der Waals surface area contributed by atoms with Crippen LogP contribution in [0.5, 0.6) is 0 Å². The molecule has 2 rings (SSSR count). The van der Waals surface area contributed by atoms with E-state index in [1.807, 2.05) is 0 Å². The van der Waals surface area contributed by atoms with Gasteiger partial charge in [-0.3, -0.25) is 4.79 Å². The second-order valence-corrected chi connectivity index (χ2v) is 4.52. The van der Waals surface area contributed by atoms with Crippen molar-refractivity contribution in [2.45, 2.75) is 25.2 Å². The Morgan fingerprint density at radius 3 is 2.90 bits per heavy atom. The summed E-state index contributed by atoms with van der Waals surface area (Å²) in [5.41, 5.74) is 0.0695. The second kappa shape index (κ2) is 6.02. The van der Waals surface area contributed by atoms with Gasteiger partial charge in [0.05, 0.1) is 6.10 Å². The van der Waals surface area contributed by atoms with E-state index in [-0.39, 0.29) is 31.4 Å². The molecule has 2 heterocycles. The largest absolute Gasteiger partial charge is 0.480 e. The first-order chi connectivity index (χ1) is 9.56. The molecule has 0 spiro atoms. The Morgan fingerprint density at radius 1 is 1.55 bits per heavy atom. The lowest BCUT2D eigenvalue weighted by molar-refractivity contribution is -0.141. The predicted molar refractivity (Wildman–Crippen MR) is 65.1 cm³/mol. The van der Waals surface area contributed by atoms with Gasteiger partial charge in [-0.15, -0.1) is 0 Å². The van der Waals surface area contributed by atoms with E-state index in [0.29, 0.717) is 5.76 Å². The van der Waals surface area contributed by atoms with Crippen LogP contribution in [0.3, 0.4) is 0 Å². The minimum atomic E-state index is -1.06. The number of hydrogen-bond acceptors (Lipinski definition) is 6. The topological polar surface area (TPSA) is 102 Å². The van der Waals surface area contributed by atoms with Crippen LogP contribution >= 0.6 is 0 Å². The molecule has 0 aromatic carbocycles. The molecule has 0 saturated carbocycles. The minimum absolute atomic E-state index is 0.0695. The van der Waals surface area contributed by atoms with Crippen molar-refractivity contribution < 1.29 is 28.7 Å². The third kappa shape index (κ3) is 2.81. The van der Waals surface area contributed by atoms with Gasteiger partial charge in [0.2, 0.25) is 0 Å². The summed E-state index contributed by atoms with van der Waals surface area (Å²) in [6.07, 6.45) is -0.0224. The number of aliphatic carboxylic acids is 1. The summed E-state index contributed by atoms with van der Waals surface area (Å²) < 4.78 is 14.9. The van der Waals surface area contributed by atoms with Crippen LogP contribution in [0.4, 0.5) is 0 Å². The van der Waals surface area contributed by atoms with Gasteiger partial charge < -0.3 is 24.0 Å². The van der Waals surface area contributed by atoms with E-state index in [9.17, 15) is 9.59 Å². The number of amides is 1. The van der Waals surface area contributed by atoms with E-state index in [1.165, 1.54) is 25.2 Å². The maximum absolute atomic E-state index is 12.3. The highest BCUT2D eigenvalue weighted by molar-refractivity contribution is 5.95. The maximum atomic E-state index is 12.3. The Kier molecular flexibility index (Phi) is 4.35. The summed E-state index contributed by atoms with van der Waals surface area (Å²) in [5, 5.41) is 12.8. The predicted octanol–water partition coefficient (Wildman–Crippen LogP) is 0.135. The van der Waals surface area contributed by atoms with Crippen molar-refractivity contribution in [3.63, 3.8) is 0 Å². The molecule has 1 amide bonds. The molecule has 0 aliphatic carbocycles. The lowest BCUT2D eigenvalue weighted by atomic mass is 10.2. The van der Waals surface area contributed by atoms with Crippen LogP contribution in [0.25, 0.3) is 0 Å². The number of rotatable bonds is 5. The zero-order valence-corrected chi connectivity index (χ0v) is 11.2. The van der Waals surface area contributed by atoms with Gasteiger partial charge in [0.1, 0.15) is 12.6 Å². The zero-order chi connectivity index (χ0) is 14.7. The first-order valence-electron chi connectivity index (χ1n) is 6.08. The Hall–Kier alpha value is -1.93. The van der Waals surface area contributed by atoms with Gasteiger partial charge in [0.15, 0.2) is 11.5 Å². The number of hydrogen-bond donors (Lipinski definition) is 1. The van der Waals surface area contributed by atoms with Gasteiger partial charge in [-0.05, 0) is 0 Å². The number of carboxylic acid groups (broad SMARTS) is 1. The average Bonchev–Trinajstić information content (AvgIpc) is 3.04. The van der Waals surface area contributed by atoms with Gasteiger partial charge in [-0.1, -0.05) is 5.16 Å². The highest BCUT2D eigenvalue weighted by Crippen LogP contribution is 2.22. The quantitative estimate of drug-likeness (QED) is 0.820. The number of carbonyl (C=O) groups is 2. The lowest BCUT2D eigenvalue weighted by Crippen LogP contribution is -2.40. The Balaban J connectivity index is 2.15. The van der Waals surface area contributed by atoms with Crippen LogP contribution in [0.15, 0.2) is 10.6 Å². The summed E-state index contributed by atoms with van der Waals surface area (Å²) >= 11 is 0. The highest BCUT2D eigenvalue weighted by atomic mass is 16.5. The third-order valence-corrected chi connectivity index (χ3v) is 3.21. The average molecular weight is 284 g/mol. The molecule has 1 N–H and O–H groups in total. The minimum Gasteiger partial charge on any atom is -0.480 e. The first-order valence-corrected chi connectivity index (χ1v) is 6.08. The number of likely N-dealkylation sites (tertiary alicyclic amines) is 1. The van der Waals surface area contributed by atoms with Crippen molar-refractivity contribution in [1.82, 2.24) is 10.1 Å². The van der Waals surface area contributed by atoms with E-state index >= 15 is 0 Å². The van der Waals surface area contributed by atoms with Crippen LogP contribution in [-0.4, -0.2) is 59.9 Å². The molecule has 8 heteroatoms. The first kappa shape index (κ1) is 14.5. The molecule has 0 bridgehead atoms. The Morgan fingerprint density at radius 2 is 2.30 bits per heavy atom. The monoisotopic (exact) mass is 284 g/mol. The van der Waals surface area contributed by atoms with Gasteiger partial charge in [-0.25, -0.2) is 4.79 Å². The van der Waals surface area contributed by atoms with Crippen molar-refractivity contribution in [3.05, 3.63) is 17.5 Å². The Labute approximate surface area is 115 Å². The van der Waals surface area contributed by atoms with E-state index < -0.39 is 17.9 Å². The fraction of sp³-hybridized carbons (Fsp3) is 0.583. The molecule has 1 aliphatic rings. The molecular weight excluding hydrogens is 268 g/mol. The van der Waals surface area contributed by atoms with Gasteiger partial charge >= 0.3 is 5.97 Å². The lowest BCUT2D eigenvalue weighted by Gasteiger charge is -2.19. The van der Waals surface area contributed by atoms with E-state index in [2.05, 4.69) is 5.16 Å². The number of aromatic nitrogens is 1. The molecule has 1 aliphatic heterocycles. The van der Waals surface area contributed by atoms with Crippen LogP contribution < -0.4 is 0 Å². The molecule has 20 heavy (non-hydrogen) atoms. The van der Waals surface area contributed by atoms with Gasteiger partial charge in [-0.2, -0.15) is 0 Å². The molecule has 110 valence electrons. The number of nitrogens with zero attached hydrogens (tertiary/aromatic N) is 2. The molecule has 8 nitrogen and oxygen atoms in total. The smallest absolute Gasteiger partial charge is 0.326 e. The second-order valence-electron chi connectivity index (χ2n) is 4.52. The highest BCUT2D eigenvalue weighted by Gasteiger charge is 2.40.